The van der Waals surface area contributed by atoms with E-state index in [4.69, 9.17) is 5.73 Å². The van der Waals surface area contributed by atoms with Crippen molar-refractivity contribution in [3.63, 3.8) is 0 Å². The van der Waals surface area contributed by atoms with Gasteiger partial charge in [0.1, 0.15) is 10.7 Å². The molecule has 0 aliphatic rings. The van der Waals surface area contributed by atoms with Crippen LogP contribution in [0.25, 0.3) is 10.7 Å². The molecule has 7 heteroatoms. The first-order chi connectivity index (χ1) is 7.20. The molecule has 0 aliphatic heterocycles. The Morgan fingerprint density at radius 3 is 2.80 bits per heavy atom. The van der Waals surface area contributed by atoms with Crippen LogP contribution in [0.2, 0.25) is 0 Å². The van der Waals surface area contributed by atoms with Crippen LogP contribution in [0, 0.1) is 0 Å². The fourth-order valence-electron chi connectivity index (χ4n) is 0.976. The van der Waals surface area contributed by atoms with Crippen molar-refractivity contribution in [2.75, 3.05) is 12.8 Å². The molecule has 0 spiro atoms. The fourth-order valence-corrected chi connectivity index (χ4v) is 2.35. The highest BCUT2D eigenvalue weighted by Gasteiger charge is 2.13. The van der Waals surface area contributed by atoms with Crippen LogP contribution >= 0.6 is 22.7 Å². The summed E-state index contributed by atoms with van der Waals surface area (Å²) in [7, 11) is 1.32. The first-order valence-electron chi connectivity index (χ1n) is 3.96. The molecule has 2 rings (SSSR count). The van der Waals surface area contributed by atoms with Gasteiger partial charge in [-0.05, 0) is 0 Å². The van der Waals surface area contributed by atoms with Crippen molar-refractivity contribution in [3.8, 4) is 10.7 Å². The van der Waals surface area contributed by atoms with Crippen molar-refractivity contribution >= 4 is 33.8 Å². The molecule has 2 aromatic rings. The van der Waals surface area contributed by atoms with Gasteiger partial charge < -0.3 is 10.5 Å². The summed E-state index contributed by atoms with van der Waals surface area (Å²) in [6, 6.07) is 0. The smallest absolute Gasteiger partial charge is 0.357 e. The largest absolute Gasteiger partial charge is 0.464 e. The lowest BCUT2D eigenvalue weighted by molar-refractivity contribution is 0.0595. The van der Waals surface area contributed by atoms with Gasteiger partial charge in [0.25, 0.3) is 0 Å². The van der Waals surface area contributed by atoms with Gasteiger partial charge in [0, 0.05) is 10.8 Å². The van der Waals surface area contributed by atoms with Crippen LogP contribution in [0.1, 0.15) is 10.5 Å². The van der Waals surface area contributed by atoms with Gasteiger partial charge in [-0.3, -0.25) is 0 Å². The van der Waals surface area contributed by atoms with Crippen LogP contribution in [0.5, 0.6) is 0 Å². The van der Waals surface area contributed by atoms with Crippen molar-refractivity contribution < 1.29 is 9.53 Å². The topological polar surface area (TPSA) is 78.1 Å². The molecule has 0 amide bonds. The summed E-state index contributed by atoms with van der Waals surface area (Å²) < 4.78 is 4.55. The molecule has 0 saturated carbocycles. The molecule has 0 saturated heterocycles. The number of carbonyl (C=O) groups is 1. The minimum absolute atomic E-state index is 0.295. The van der Waals surface area contributed by atoms with E-state index in [-0.39, 0.29) is 0 Å². The Hall–Kier alpha value is -1.47. The predicted octanol–water partition coefficient (Wildman–Crippen LogP) is 1.64. The SMILES string of the molecule is COC(=O)c1csc(-c2csc(N)n2)n1. The van der Waals surface area contributed by atoms with E-state index < -0.39 is 5.97 Å². The maximum Gasteiger partial charge on any atom is 0.357 e. The summed E-state index contributed by atoms with van der Waals surface area (Å²) in [6.45, 7) is 0. The molecule has 0 bridgehead atoms. The number of nitrogens with zero attached hydrogens (tertiary/aromatic N) is 2. The van der Waals surface area contributed by atoms with Crippen molar-refractivity contribution in [2.45, 2.75) is 0 Å². The number of ether oxygens (including phenoxy) is 1. The lowest BCUT2D eigenvalue weighted by atomic mass is 10.5. The number of esters is 1. The van der Waals surface area contributed by atoms with Crippen LogP contribution in [0.4, 0.5) is 5.13 Å². The zero-order valence-electron chi connectivity index (χ0n) is 7.76. The third-order valence-electron chi connectivity index (χ3n) is 1.64. The number of nitrogen functional groups attached to an aromatic ring is 1. The van der Waals surface area contributed by atoms with E-state index in [1.54, 1.807) is 10.8 Å². The highest BCUT2D eigenvalue weighted by atomic mass is 32.1. The number of hydrogen-bond acceptors (Lipinski definition) is 7. The van der Waals surface area contributed by atoms with Gasteiger partial charge in [0.2, 0.25) is 0 Å². The highest BCUT2D eigenvalue weighted by Crippen LogP contribution is 2.26. The zero-order valence-corrected chi connectivity index (χ0v) is 9.39. The number of nitrogens with two attached hydrogens (primary N) is 1. The minimum Gasteiger partial charge on any atom is -0.464 e. The van der Waals surface area contributed by atoms with Gasteiger partial charge in [-0.15, -0.1) is 22.7 Å². The van der Waals surface area contributed by atoms with Crippen molar-refractivity contribution in [2.24, 2.45) is 0 Å². The molecule has 15 heavy (non-hydrogen) atoms. The number of rotatable bonds is 2. The Kier molecular flexibility index (Phi) is 2.65. The Labute approximate surface area is 93.6 Å². The monoisotopic (exact) mass is 241 g/mol. The first-order valence-corrected chi connectivity index (χ1v) is 5.72. The molecule has 2 heterocycles. The van der Waals surface area contributed by atoms with E-state index in [9.17, 15) is 4.79 Å². The molecular formula is C8H7N3O2S2. The van der Waals surface area contributed by atoms with Gasteiger partial charge >= 0.3 is 5.97 Å². The first kappa shape index (κ1) is 10.1. The molecule has 0 fully saturated rings. The molecular weight excluding hydrogens is 234 g/mol. The Balaban J connectivity index is 2.31. The van der Waals surface area contributed by atoms with Crippen molar-refractivity contribution in [3.05, 3.63) is 16.5 Å². The van der Waals surface area contributed by atoms with Crippen LogP contribution in [-0.2, 0) is 4.74 Å². The van der Waals surface area contributed by atoms with E-state index in [2.05, 4.69) is 14.7 Å². The summed E-state index contributed by atoms with van der Waals surface area (Å²) in [4.78, 5) is 19.3. The van der Waals surface area contributed by atoms with E-state index in [1.807, 2.05) is 0 Å². The van der Waals surface area contributed by atoms with Crippen molar-refractivity contribution in [1.82, 2.24) is 9.97 Å². The van der Waals surface area contributed by atoms with E-state index in [1.165, 1.54) is 29.8 Å². The lowest BCUT2D eigenvalue weighted by Gasteiger charge is -1.91. The molecule has 0 aromatic carbocycles. The normalized spacial score (nSPS) is 10.2. The van der Waals surface area contributed by atoms with E-state index in [0.29, 0.717) is 21.5 Å². The third kappa shape index (κ3) is 1.97. The maximum atomic E-state index is 11.1. The second-order valence-corrected chi connectivity index (χ2v) is 4.35. The molecule has 0 aliphatic carbocycles. The number of hydrogen-bond donors (Lipinski definition) is 1. The average molecular weight is 241 g/mol. The van der Waals surface area contributed by atoms with Crippen LogP contribution in [0.15, 0.2) is 10.8 Å². The van der Waals surface area contributed by atoms with Crippen LogP contribution < -0.4 is 5.73 Å². The quantitative estimate of drug-likeness (QED) is 0.808. The van der Waals surface area contributed by atoms with Gasteiger partial charge in [-0.1, -0.05) is 0 Å². The minimum atomic E-state index is -0.444. The zero-order chi connectivity index (χ0) is 10.8. The van der Waals surface area contributed by atoms with Gasteiger partial charge in [0.15, 0.2) is 10.8 Å². The Morgan fingerprint density at radius 1 is 1.40 bits per heavy atom. The summed E-state index contributed by atoms with van der Waals surface area (Å²) in [5.74, 6) is -0.444. The molecule has 2 N–H and O–H groups in total. The van der Waals surface area contributed by atoms with Crippen molar-refractivity contribution in [1.29, 1.82) is 0 Å². The molecule has 2 aromatic heterocycles. The number of thiazole rings is 2. The molecule has 0 unspecified atom stereocenters. The molecule has 0 atom stereocenters. The molecule has 78 valence electrons. The molecule has 0 radical (unpaired) electrons. The Bertz CT molecular complexity index is 492. The summed E-state index contributed by atoms with van der Waals surface area (Å²) >= 11 is 2.68. The number of anilines is 1. The standard InChI is InChI=1S/C8H7N3O2S2/c1-13-7(12)5-3-14-6(10-5)4-2-15-8(9)11-4/h2-3H,1H3,(H2,9,11). The third-order valence-corrected chi connectivity index (χ3v) is 3.18. The number of methoxy groups -OCH3 is 1. The number of carbonyl (C=O) groups excluding carboxylic acids is 1. The van der Waals surface area contributed by atoms with Gasteiger partial charge in [-0.2, -0.15) is 0 Å². The number of aromatic nitrogens is 2. The highest BCUT2D eigenvalue weighted by molar-refractivity contribution is 7.15. The summed E-state index contributed by atoms with van der Waals surface area (Å²) in [5.41, 5.74) is 6.49. The average Bonchev–Trinajstić information content (AvgIpc) is 2.84. The predicted molar refractivity (Wildman–Crippen MR) is 59.0 cm³/mol. The second-order valence-electron chi connectivity index (χ2n) is 2.60. The van der Waals surface area contributed by atoms with Gasteiger partial charge in [0.05, 0.1) is 7.11 Å². The van der Waals surface area contributed by atoms with Crippen LogP contribution in [-0.4, -0.2) is 23.0 Å². The van der Waals surface area contributed by atoms with Crippen LogP contribution in [0.3, 0.4) is 0 Å². The molecule has 5 nitrogen and oxygen atoms in total. The lowest BCUT2D eigenvalue weighted by Crippen LogP contribution is -2.00. The van der Waals surface area contributed by atoms with Gasteiger partial charge in [-0.25, -0.2) is 14.8 Å². The second kappa shape index (κ2) is 3.95. The van der Waals surface area contributed by atoms with E-state index in [0.717, 1.165) is 0 Å². The summed E-state index contributed by atoms with van der Waals surface area (Å²) in [6.07, 6.45) is 0. The van der Waals surface area contributed by atoms with E-state index >= 15 is 0 Å². The fraction of sp³-hybridized carbons (Fsp3) is 0.125. The Morgan fingerprint density at radius 2 is 2.20 bits per heavy atom. The maximum absolute atomic E-state index is 11.1. The summed E-state index contributed by atoms with van der Waals surface area (Å²) in [5, 5.41) is 4.59.